The van der Waals surface area contributed by atoms with Gasteiger partial charge < -0.3 is 0 Å². The predicted molar refractivity (Wildman–Crippen MR) is 87.1 cm³/mol. The van der Waals surface area contributed by atoms with Crippen LogP contribution in [0.15, 0.2) is 0 Å². The molecule has 0 amide bonds. The van der Waals surface area contributed by atoms with E-state index < -0.39 is 0 Å². The van der Waals surface area contributed by atoms with Gasteiger partial charge >= 0.3 is 0 Å². The first-order valence-corrected chi connectivity index (χ1v) is 8.80. The van der Waals surface area contributed by atoms with Gasteiger partial charge in [-0.3, -0.25) is 5.84 Å². The summed E-state index contributed by atoms with van der Waals surface area (Å²) in [4.78, 5) is 0. The zero-order valence-electron chi connectivity index (χ0n) is 13.6. The Kier molecular flexibility index (Phi) is 15.9. The molecule has 0 aromatic heterocycles. The van der Waals surface area contributed by atoms with Gasteiger partial charge in [0, 0.05) is 13.1 Å². The third-order valence-electron chi connectivity index (χ3n) is 3.85. The summed E-state index contributed by atoms with van der Waals surface area (Å²) in [5.74, 6) is 6.00. The van der Waals surface area contributed by atoms with Crippen LogP contribution < -0.4 is 5.84 Å². The van der Waals surface area contributed by atoms with Crippen LogP contribution in [0.5, 0.6) is 0 Å². The summed E-state index contributed by atoms with van der Waals surface area (Å²) in [7, 11) is 0. The van der Waals surface area contributed by atoms with E-state index in [2.05, 4.69) is 13.8 Å². The lowest BCUT2D eigenvalue weighted by atomic mass is 10.1. The highest BCUT2D eigenvalue weighted by Crippen LogP contribution is 2.08. The Morgan fingerprint density at radius 1 is 0.526 bits per heavy atom. The highest BCUT2D eigenvalue weighted by Gasteiger charge is 1.98. The molecule has 0 bridgehead atoms. The summed E-state index contributed by atoms with van der Waals surface area (Å²) in [6, 6.07) is 0. The van der Waals surface area contributed by atoms with E-state index in [4.69, 9.17) is 5.84 Å². The van der Waals surface area contributed by atoms with Gasteiger partial charge in [0.15, 0.2) is 0 Å². The molecule has 0 spiro atoms. The van der Waals surface area contributed by atoms with Gasteiger partial charge in [0.25, 0.3) is 0 Å². The quantitative estimate of drug-likeness (QED) is 0.249. The van der Waals surface area contributed by atoms with Crippen LogP contribution >= 0.6 is 0 Å². The maximum atomic E-state index is 6.00. The molecule has 0 saturated heterocycles. The minimum atomic E-state index is 1.08. The second-order valence-corrected chi connectivity index (χ2v) is 5.93. The van der Waals surface area contributed by atoms with Gasteiger partial charge in [-0.2, -0.15) is 0 Å². The molecule has 0 atom stereocenters. The summed E-state index contributed by atoms with van der Waals surface area (Å²) < 4.78 is 0. The molecule has 2 nitrogen and oxygen atoms in total. The van der Waals surface area contributed by atoms with E-state index in [-0.39, 0.29) is 0 Å². The molecular weight excluding hydrogens is 232 g/mol. The van der Waals surface area contributed by atoms with Gasteiger partial charge in [0.1, 0.15) is 0 Å². The highest BCUT2D eigenvalue weighted by atomic mass is 15.4. The van der Waals surface area contributed by atoms with E-state index in [9.17, 15) is 0 Å². The number of hydrogen-bond donors (Lipinski definition) is 1. The Hall–Kier alpha value is -0.0800. The molecule has 0 aliphatic carbocycles. The van der Waals surface area contributed by atoms with Crippen molar-refractivity contribution in [3.8, 4) is 0 Å². The summed E-state index contributed by atoms with van der Waals surface area (Å²) in [6.07, 6.45) is 17.8. The molecule has 0 fully saturated rings. The van der Waals surface area contributed by atoms with E-state index in [0.29, 0.717) is 0 Å². The number of nitrogens with zero attached hydrogens (tertiary/aromatic N) is 1. The van der Waals surface area contributed by atoms with Crippen LogP contribution in [-0.2, 0) is 0 Å². The molecule has 0 saturated carbocycles. The van der Waals surface area contributed by atoms with Crippen molar-refractivity contribution in [1.82, 2.24) is 5.01 Å². The van der Waals surface area contributed by atoms with Crippen molar-refractivity contribution in [3.05, 3.63) is 0 Å². The molecule has 0 heterocycles. The van der Waals surface area contributed by atoms with Gasteiger partial charge in [-0.1, -0.05) is 84.5 Å². The standard InChI is InChI=1S/C17H38N2/c1-3-5-7-9-10-11-13-15-17-19(18)16-14-12-8-6-4-2/h3-18H2,1-2H3. The lowest BCUT2D eigenvalue weighted by molar-refractivity contribution is 0.268. The molecule has 0 rings (SSSR count). The van der Waals surface area contributed by atoms with Gasteiger partial charge in [-0.15, -0.1) is 0 Å². The molecule has 0 aromatic carbocycles. The Balaban J connectivity index is 3.09. The van der Waals surface area contributed by atoms with Crippen molar-refractivity contribution in [2.24, 2.45) is 5.84 Å². The van der Waals surface area contributed by atoms with E-state index in [1.54, 1.807) is 0 Å². The molecule has 2 heteroatoms. The molecule has 2 N–H and O–H groups in total. The SMILES string of the molecule is CCCCCCCCCCN(N)CCCCCCC. The minimum absolute atomic E-state index is 1.08. The van der Waals surface area contributed by atoms with Crippen molar-refractivity contribution >= 4 is 0 Å². The normalized spacial score (nSPS) is 11.4. The van der Waals surface area contributed by atoms with Gasteiger partial charge in [0.05, 0.1) is 0 Å². The van der Waals surface area contributed by atoms with Gasteiger partial charge in [-0.25, -0.2) is 5.01 Å². The predicted octanol–water partition coefficient (Wildman–Crippen LogP) is 5.27. The maximum absolute atomic E-state index is 6.00. The third kappa shape index (κ3) is 15.9. The van der Waals surface area contributed by atoms with Crippen molar-refractivity contribution in [3.63, 3.8) is 0 Å². The van der Waals surface area contributed by atoms with E-state index >= 15 is 0 Å². The molecule has 0 unspecified atom stereocenters. The summed E-state index contributed by atoms with van der Waals surface area (Å²) in [6.45, 7) is 6.71. The number of nitrogens with two attached hydrogens (primary N) is 1. The molecule has 116 valence electrons. The maximum Gasteiger partial charge on any atom is 0.0128 e. The van der Waals surface area contributed by atoms with Gasteiger partial charge in [-0.05, 0) is 12.8 Å². The van der Waals surface area contributed by atoms with Crippen LogP contribution in [0.1, 0.15) is 97.3 Å². The second-order valence-electron chi connectivity index (χ2n) is 5.93. The fourth-order valence-electron chi connectivity index (χ4n) is 2.48. The van der Waals surface area contributed by atoms with Crippen molar-refractivity contribution < 1.29 is 0 Å². The fourth-order valence-corrected chi connectivity index (χ4v) is 2.48. The van der Waals surface area contributed by atoms with Crippen molar-refractivity contribution in [2.45, 2.75) is 97.3 Å². The molecule has 0 aliphatic rings. The zero-order chi connectivity index (χ0) is 14.2. The number of hydrazine groups is 1. The largest absolute Gasteiger partial charge is 0.269 e. The van der Waals surface area contributed by atoms with Crippen LogP contribution in [0.25, 0.3) is 0 Å². The Morgan fingerprint density at radius 3 is 1.21 bits per heavy atom. The van der Waals surface area contributed by atoms with Crippen molar-refractivity contribution in [1.29, 1.82) is 0 Å². The molecular formula is C17H38N2. The molecule has 0 aromatic rings. The lowest BCUT2D eigenvalue weighted by Gasteiger charge is -2.15. The summed E-state index contributed by atoms with van der Waals surface area (Å²) in [5.41, 5.74) is 0. The first-order valence-electron chi connectivity index (χ1n) is 8.80. The first kappa shape index (κ1) is 18.9. The average molecular weight is 271 g/mol. The van der Waals surface area contributed by atoms with Crippen LogP contribution in [0.3, 0.4) is 0 Å². The summed E-state index contributed by atoms with van der Waals surface area (Å²) in [5, 5.41) is 2.03. The number of unbranched alkanes of at least 4 members (excludes halogenated alkanes) is 11. The minimum Gasteiger partial charge on any atom is -0.269 e. The highest BCUT2D eigenvalue weighted by molar-refractivity contribution is 4.52. The van der Waals surface area contributed by atoms with E-state index in [1.165, 1.54) is 83.5 Å². The molecule has 0 aliphatic heterocycles. The number of hydrogen-bond acceptors (Lipinski definition) is 2. The average Bonchev–Trinajstić information content (AvgIpc) is 2.41. The summed E-state index contributed by atoms with van der Waals surface area (Å²) >= 11 is 0. The topological polar surface area (TPSA) is 29.3 Å². The Bertz CT molecular complexity index is 159. The van der Waals surface area contributed by atoms with Crippen LogP contribution in [0, 0.1) is 0 Å². The van der Waals surface area contributed by atoms with E-state index in [0.717, 1.165) is 13.1 Å². The van der Waals surface area contributed by atoms with Gasteiger partial charge in [0.2, 0.25) is 0 Å². The lowest BCUT2D eigenvalue weighted by Crippen LogP contribution is -2.32. The zero-order valence-corrected chi connectivity index (χ0v) is 13.6. The smallest absolute Gasteiger partial charge is 0.0128 e. The molecule has 19 heavy (non-hydrogen) atoms. The van der Waals surface area contributed by atoms with Crippen LogP contribution in [0.4, 0.5) is 0 Å². The van der Waals surface area contributed by atoms with Crippen LogP contribution in [0.2, 0.25) is 0 Å². The Labute approximate surface area is 122 Å². The third-order valence-corrected chi connectivity index (χ3v) is 3.85. The van der Waals surface area contributed by atoms with Crippen molar-refractivity contribution in [2.75, 3.05) is 13.1 Å². The first-order chi connectivity index (χ1) is 9.31. The Morgan fingerprint density at radius 2 is 0.842 bits per heavy atom. The monoisotopic (exact) mass is 270 g/mol. The van der Waals surface area contributed by atoms with E-state index in [1.807, 2.05) is 5.01 Å². The number of rotatable bonds is 15. The van der Waals surface area contributed by atoms with Crippen LogP contribution in [-0.4, -0.2) is 18.1 Å². The second kappa shape index (κ2) is 16.0. The fraction of sp³-hybridized carbons (Fsp3) is 1.00. The molecule has 0 radical (unpaired) electrons.